The third kappa shape index (κ3) is 3.09. The zero-order valence-electron chi connectivity index (χ0n) is 12.2. The third-order valence-corrected chi connectivity index (χ3v) is 5.96. The average Bonchev–Trinajstić information content (AvgIpc) is 2.38. The van der Waals surface area contributed by atoms with Crippen LogP contribution in [-0.4, -0.2) is 25.8 Å². The number of nitrogens with two attached hydrogens (primary N) is 1. The highest BCUT2D eigenvalue weighted by molar-refractivity contribution is 7.89. The standard InChI is InChI=1S/C14H20F2N2O2S/c1-14(2)5-7-18(8-6-14)21(19,20)12-4-3-11(15)10(9-17)13(12)16/h3-4H,5-9,17H2,1-2H3. The summed E-state index contributed by atoms with van der Waals surface area (Å²) in [7, 11) is -3.96. The molecule has 0 unspecified atom stereocenters. The number of nitrogens with zero attached hydrogens (tertiary/aromatic N) is 1. The van der Waals surface area contributed by atoms with Gasteiger partial charge in [0.05, 0.1) is 0 Å². The van der Waals surface area contributed by atoms with Crippen LogP contribution in [0.1, 0.15) is 32.3 Å². The highest BCUT2D eigenvalue weighted by atomic mass is 32.2. The molecule has 21 heavy (non-hydrogen) atoms. The van der Waals surface area contributed by atoms with Crippen molar-refractivity contribution in [2.24, 2.45) is 11.1 Å². The first kappa shape index (κ1) is 16.3. The third-order valence-electron chi connectivity index (χ3n) is 4.05. The van der Waals surface area contributed by atoms with Gasteiger partial charge in [-0.15, -0.1) is 0 Å². The Labute approximate surface area is 124 Å². The van der Waals surface area contributed by atoms with Crippen LogP contribution in [0.5, 0.6) is 0 Å². The van der Waals surface area contributed by atoms with E-state index < -0.39 is 32.1 Å². The topological polar surface area (TPSA) is 63.4 Å². The van der Waals surface area contributed by atoms with E-state index in [9.17, 15) is 17.2 Å². The number of piperidine rings is 1. The van der Waals surface area contributed by atoms with Gasteiger partial charge in [0, 0.05) is 25.2 Å². The maximum atomic E-state index is 14.2. The Hall–Kier alpha value is -1.05. The predicted molar refractivity (Wildman–Crippen MR) is 76.0 cm³/mol. The van der Waals surface area contributed by atoms with E-state index in [0.717, 1.165) is 12.1 Å². The molecule has 4 nitrogen and oxygen atoms in total. The Morgan fingerprint density at radius 1 is 1.24 bits per heavy atom. The Kier molecular flexibility index (Phi) is 4.37. The van der Waals surface area contributed by atoms with Crippen molar-refractivity contribution in [3.8, 4) is 0 Å². The van der Waals surface area contributed by atoms with Crippen molar-refractivity contribution in [2.75, 3.05) is 13.1 Å². The summed E-state index contributed by atoms with van der Waals surface area (Å²) in [4.78, 5) is -0.496. The van der Waals surface area contributed by atoms with Gasteiger partial charge >= 0.3 is 0 Å². The lowest BCUT2D eigenvalue weighted by Crippen LogP contribution is -2.41. The molecule has 0 bridgehead atoms. The molecule has 0 radical (unpaired) electrons. The first-order chi connectivity index (χ1) is 9.69. The summed E-state index contributed by atoms with van der Waals surface area (Å²) < 4.78 is 53.9. The van der Waals surface area contributed by atoms with Gasteiger partial charge in [-0.2, -0.15) is 4.31 Å². The Morgan fingerprint density at radius 3 is 2.33 bits per heavy atom. The summed E-state index contributed by atoms with van der Waals surface area (Å²) in [6.45, 7) is 4.44. The van der Waals surface area contributed by atoms with E-state index in [1.165, 1.54) is 4.31 Å². The molecule has 1 aliphatic rings. The van der Waals surface area contributed by atoms with Gasteiger partial charge in [0.25, 0.3) is 0 Å². The second kappa shape index (κ2) is 5.62. The quantitative estimate of drug-likeness (QED) is 0.929. The highest BCUT2D eigenvalue weighted by Crippen LogP contribution is 2.33. The number of hydrogen-bond acceptors (Lipinski definition) is 3. The van der Waals surface area contributed by atoms with Crippen LogP contribution in [0.15, 0.2) is 17.0 Å². The van der Waals surface area contributed by atoms with Crippen LogP contribution in [0.2, 0.25) is 0 Å². The highest BCUT2D eigenvalue weighted by Gasteiger charge is 2.34. The smallest absolute Gasteiger partial charge is 0.245 e. The van der Waals surface area contributed by atoms with Crippen molar-refractivity contribution in [1.82, 2.24) is 4.31 Å². The van der Waals surface area contributed by atoms with Gasteiger partial charge in [0.1, 0.15) is 10.7 Å². The van der Waals surface area contributed by atoms with E-state index in [4.69, 9.17) is 5.73 Å². The minimum absolute atomic E-state index is 0.0791. The molecule has 0 saturated carbocycles. The molecule has 1 aromatic carbocycles. The second-order valence-electron chi connectivity index (χ2n) is 6.11. The van der Waals surface area contributed by atoms with Crippen LogP contribution in [0, 0.1) is 17.0 Å². The van der Waals surface area contributed by atoms with Crippen LogP contribution in [0.3, 0.4) is 0 Å². The molecule has 1 saturated heterocycles. The fourth-order valence-corrected chi connectivity index (χ4v) is 3.96. The van der Waals surface area contributed by atoms with Gasteiger partial charge in [-0.1, -0.05) is 13.8 Å². The Balaban J connectivity index is 2.37. The molecule has 0 aromatic heterocycles. The zero-order chi connectivity index (χ0) is 15.8. The van der Waals surface area contributed by atoms with E-state index in [1.54, 1.807) is 0 Å². The molecular formula is C14H20F2N2O2S. The van der Waals surface area contributed by atoms with Crippen molar-refractivity contribution in [2.45, 2.75) is 38.1 Å². The monoisotopic (exact) mass is 318 g/mol. The summed E-state index contributed by atoms with van der Waals surface area (Å²) in [6.07, 6.45) is 1.41. The van der Waals surface area contributed by atoms with Crippen molar-refractivity contribution in [1.29, 1.82) is 0 Å². The zero-order valence-corrected chi connectivity index (χ0v) is 13.0. The molecule has 1 aromatic rings. The summed E-state index contributed by atoms with van der Waals surface area (Å²) in [5, 5.41) is 0. The lowest BCUT2D eigenvalue weighted by molar-refractivity contribution is 0.195. The number of hydrogen-bond donors (Lipinski definition) is 1. The molecule has 0 atom stereocenters. The molecule has 0 aliphatic carbocycles. The van der Waals surface area contributed by atoms with Crippen molar-refractivity contribution >= 4 is 10.0 Å². The second-order valence-corrected chi connectivity index (χ2v) is 8.02. The minimum Gasteiger partial charge on any atom is -0.326 e. The molecule has 0 amide bonds. The Bertz CT molecular complexity index is 635. The molecule has 7 heteroatoms. The maximum Gasteiger partial charge on any atom is 0.245 e. The first-order valence-electron chi connectivity index (χ1n) is 6.86. The van der Waals surface area contributed by atoms with Crippen molar-refractivity contribution < 1.29 is 17.2 Å². The molecular weight excluding hydrogens is 298 g/mol. The SMILES string of the molecule is CC1(C)CCN(S(=O)(=O)c2ccc(F)c(CN)c2F)CC1. The van der Waals surface area contributed by atoms with Gasteiger partial charge in [0.2, 0.25) is 10.0 Å². The molecule has 2 N–H and O–H groups in total. The number of benzene rings is 1. The summed E-state index contributed by atoms with van der Waals surface area (Å²) in [5.41, 5.74) is 4.97. The van der Waals surface area contributed by atoms with Crippen LogP contribution in [0.4, 0.5) is 8.78 Å². The van der Waals surface area contributed by atoms with E-state index in [0.29, 0.717) is 25.9 Å². The van der Waals surface area contributed by atoms with Crippen LogP contribution in [0.25, 0.3) is 0 Å². The van der Waals surface area contributed by atoms with Crippen LogP contribution < -0.4 is 5.73 Å². The summed E-state index contributed by atoms with van der Waals surface area (Å²) in [6, 6.07) is 1.92. The molecule has 2 rings (SSSR count). The van der Waals surface area contributed by atoms with Crippen molar-refractivity contribution in [3.05, 3.63) is 29.3 Å². The van der Waals surface area contributed by atoms with E-state index in [2.05, 4.69) is 13.8 Å². The van der Waals surface area contributed by atoms with E-state index in [-0.39, 0.29) is 12.0 Å². The number of rotatable bonds is 3. The number of halogens is 2. The van der Waals surface area contributed by atoms with Gasteiger partial charge in [-0.3, -0.25) is 0 Å². The molecule has 1 fully saturated rings. The molecule has 1 aliphatic heterocycles. The fourth-order valence-electron chi connectivity index (χ4n) is 2.43. The lowest BCUT2D eigenvalue weighted by atomic mass is 9.83. The fraction of sp³-hybridized carbons (Fsp3) is 0.571. The van der Waals surface area contributed by atoms with Crippen LogP contribution >= 0.6 is 0 Å². The molecule has 1 heterocycles. The van der Waals surface area contributed by atoms with Gasteiger partial charge < -0.3 is 5.73 Å². The van der Waals surface area contributed by atoms with Gasteiger partial charge in [-0.25, -0.2) is 17.2 Å². The van der Waals surface area contributed by atoms with Crippen molar-refractivity contribution in [3.63, 3.8) is 0 Å². The summed E-state index contributed by atoms with van der Waals surface area (Å²) >= 11 is 0. The molecule has 118 valence electrons. The number of sulfonamides is 1. The van der Waals surface area contributed by atoms with E-state index >= 15 is 0 Å². The first-order valence-corrected chi connectivity index (χ1v) is 8.30. The average molecular weight is 318 g/mol. The largest absolute Gasteiger partial charge is 0.326 e. The normalized spacial score (nSPS) is 19.7. The van der Waals surface area contributed by atoms with Gasteiger partial charge in [0.15, 0.2) is 5.82 Å². The minimum atomic E-state index is -3.96. The Morgan fingerprint density at radius 2 is 1.81 bits per heavy atom. The predicted octanol–water partition coefficient (Wildman–Crippen LogP) is 2.23. The molecule has 0 spiro atoms. The lowest BCUT2D eigenvalue weighted by Gasteiger charge is -2.36. The van der Waals surface area contributed by atoms with Gasteiger partial charge in [-0.05, 0) is 30.4 Å². The van der Waals surface area contributed by atoms with E-state index in [1.807, 2.05) is 0 Å². The van der Waals surface area contributed by atoms with Crippen LogP contribution in [-0.2, 0) is 16.6 Å². The summed E-state index contributed by atoms with van der Waals surface area (Å²) in [5.74, 6) is -1.91. The maximum absolute atomic E-state index is 14.2.